The van der Waals surface area contributed by atoms with Gasteiger partial charge < -0.3 is 5.32 Å². The lowest BCUT2D eigenvalue weighted by molar-refractivity contribution is 0.0953. The number of nitrogens with one attached hydrogen (secondary N) is 1. The smallest absolute Gasteiger partial charge is 0.251 e. The molecule has 0 atom stereocenters. The first-order chi connectivity index (χ1) is 11.6. The fraction of sp³-hybridized carbons (Fsp3) is 0.158. The zero-order chi connectivity index (χ0) is 16.9. The van der Waals surface area contributed by atoms with Crippen molar-refractivity contribution in [1.29, 1.82) is 0 Å². The van der Waals surface area contributed by atoms with Gasteiger partial charge in [-0.1, -0.05) is 41.9 Å². The zero-order valence-electron chi connectivity index (χ0n) is 13.3. The number of nitrogens with zero attached hydrogens (tertiary/aromatic N) is 1. The molecule has 3 nitrogen and oxygen atoms in total. The average molecular weight is 357 g/mol. The first-order valence-electron chi connectivity index (χ1n) is 7.67. The molecular weight excluding hydrogens is 340 g/mol. The van der Waals surface area contributed by atoms with Gasteiger partial charge in [-0.2, -0.15) is 0 Å². The van der Waals surface area contributed by atoms with Gasteiger partial charge in [0.05, 0.1) is 5.69 Å². The van der Waals surface area contributed by atoms with Crippen molar-refractivity contribution in [3.8, 4) is 10.6 Å². The van der Waals surface area contributed by atoms with Crippen LogP contribution in [0.2, 0.25) is 5.02 Å². The molecule has 5 heteroatoms. The molecular formula is C19H17ClN2OS. The van der Waals surface area contributed by atoms with Crippen molar-refractivity contribution < 1.29 is 4.79 Å². The van der Waals surface area contributed by atoms with Gasteiger partial charge in [-0.05, 0) is 30.7 Å². The molecule has 0 aliphatic heterocycles. The predicted octanol–water partition coefficient (Wildman–Crippen LogP) is 4.74. The summed E-state index contributed by atoms with van der Waals surface area (Å²) in [5.74, 6) is -0.0405. The fourth-order valence-electron chi connectivity index (χ4n) is 2.37. The summed E-state index contributed by atoms with van der Waals surface area (Å²) in [6.07, 6.45) is 0.710. The van der Waals surface area contributed by atoms with Crippen LogP contribution in [-0.2, 0) is 6.42 Å². The van der Waals surface area contributed by atoms with E-state index < -0.39 is 0 Å². The summed E-state index contributed by atoms with van der Waals surface area (Å²) < 4.78 is 0. The van der Waals surface area contributed by atoms with E-state index in [1.807, 2.05) is 60.8 Å². The topological polar surface area (TPSA) is 42.0 Å². The van der Waals surface area contributed by atoms with Crippen LogP contribution in [0.15, 0.2) is 53.9 Å². The molecule has 2 aromatic carbocycles. The normalized spacial score (nSPS) is 10.6. The Balaban J connectivity index is 1.57. The second-order valence-corrected chi connectivity index (χ2v) is 6.77. The Morgan fingerprint density at radius 2 is 1.92 bits per heavy atom. The van der Waals surface area contributed by atoms with Crippen LogP contribution in [-0.4, -0.2) is 17.4 Å². The van der Waals surface area contributed by atoms with Crippen molar-refractivity contribution >= 4 is 28.8 Å². The van der Waals surface area contributed by atoms with Gasteiger partial charge in [0.1, 0.15) is 5.01 Å². The molecule has 0 radical (unpaired) electrons. The molecule has 0 bridgehead atoms. The number of amides is 1. The third kappa shape index (κ3) is 4.02. The highest BCUT2D eigenvalue weighted by Gasteiger charge is 2.09. The summed E-state index contributed by atoms with van der Waals surface area (Å²) >= 11 is 7.51. The Morgan fingerprint density at radius 3 is 2.67 bits per heavy atom. The van der Waals surface area contributed by atoms with E-state index in [0.29, 0.717) is 13.0 Å². The van der Waals surface area contributed by atoms with Gasteiger partial charge in [0, 0.05) is 34.5 Å². The summed E-state index contributed by atoms with van der Waals surface area (Å²) in [5.41, 5.74) is 3.74. The van der Waals surface area contributed by atoms with Gasteiger partial charge in [-0.15, -0.1) is 11.3 Å². The maximum atomic E-state index is 12.2. The van der Waals surface area contributed by atoms with E-state index >= 15 is 0 Å². The van der Waals surface area contributed by atoms with Crippen molar-refractivity contribution in [3.05, 3.63) is 75.8 Å². The first kappa shape index (κ1) is 16.7. The van der Waals surface area contributed by atoms with E-state index in [2.05, 4.69) is 10.3 Å². The summed E-state index contributed by atoms with van der Waals surface area (Å²) in [6.45, 7) is 2.50. The molecule has 1 amide bonds. The Labute approximate surface area is 150 Å². The van der Waals surface area contributed by atoms with E-state index in [4.69, 9.17) is 11.6 Å². The van der Waals surface area contributed by atoms with Crippen LogP contribution in [0.4, 0.5) is 0 Å². The number of carbonyl (C=O) groups excluding carboxylic acids is 1. The molecule has 1 N–H and O–H groups in total. The summed E-state index contributed by atoms with van der Waals surface area (Å²) in [6, 6.07) is 15.2. The minimum absolute atomic E-state index is 0.0405. The number of rotatable bonds is 5. The Morgan fingerprint density at radius 1 is 1.17 bits per heavy atom. The molecule has 24 heavy (non-hydrogen) atoms. The zero-order valence-corrected chi connectivity index (χ0v) is 14.8. The van der Waals surface area contributed by atoms with Crippen LogP contribution < -0.4 is 5.32 Å². The van der Waals surface area contributed by atoms with Crippen molar-refractivity contribution in [3.63, 3.8) is 0 Å². The van der Waals surface area contributed by atoms with Gasteiger partial charge in [0.25, 0.3) is 5.91 Å². The lowest BCUT2D eigenvalue weighted by Gasteiger charge is -2.06. The molecule has 0 unspecified atom stereocenters. The second-order valence-electron chi connectivity index (χ2n) is 5.47. The number of aromatic nitrogens is 1. The second kappa shape index (κ2) is 7.60. The van der Waals surface area contributed by atoms with Crippen LogP contribution in [0.1, 0.15) is 21.6 Å². The van der Waals surface area contributed by atoms with E-state index in [-0.39, 0.29) is 5.91 Å². The minimum atomic E-state index is -0.0405. The van der Waals surface area contributed by atoms with E-state index in [1.54, 1.807) is 11.3 Å². The number of thiazole rings is 1. The molecule has 0 aliphatic carbocycles. The molecule has 0 saturated heterocycles. The van der Waals surface area contributed by atoms with Gasteiger partial charge in [-0.25, -0.2) is 4.98 Å². The van der Waals surface area contributed by atoms with Gasteiger partial charge in [-0.3, -0.25) is 4.79 Å². The number of hydrogen-bond acceptors (Lipinski definition) is 3. The van der Waals surface area contributed by atoms with E-state index in [1.165, 1.54) is 0 Å². The highest BCUT2D eigenvalue weighted by Crippen LogP contribution is 2.25. The summed E-state index contributed by atoms with van der Waals surface area (Å²) in [7, 11) is 0. The highest BCUT2D eigenvalue weighted by atomic mass is 35.5. The first-order valence-corrected chi connectivity index (χ1v) is 8.93. The van der Waals surface area contributed by atoms with Crippen LogP contribution in [0, 0.1) is 6.92 Å². The maximum absolute atomic E-state index is 12.2. The quantitative estimate of drug-likeness (QED) is 0.717. The molecule has 0 fully saturated rings. The predicted molar refractivity (Wildman–Crippen MR) is 99.8 cm³/mol. The monoisotopic (exact) mass is 356 g/mol. The SMILES string of the molecule is Cc1ccccc1C(=O)NCCc1csc(-c2ccc(Cl)cc2)n1. The van der Waals surface area contributed by atoms with Crippen LogP contribution in [0.5, 0.6) is 0 Å². The third-order valence-corrected chi connectivity index (χ3v) is 4.89. The standard InChI is InChI=1S/C19H17ClN2OS/c1-13-4-2-3-5-17(13)18(23)21-11-10-16-12-24-19(22-16)14-6-8-15(20)9-7-14/h2-9,12H,10-11H2,1H3,(H,21,23). The van der Waals surface area contributed by atoms with E-state index in [0.717, 1.165) is 32.4 Å². The van der Waals surface area contributed by atoms with Crippen LogP contribution in [0.25, 0.3) is 10.6 Å². The number of halogens is 1. The largest absolute Gasteiger partial charge is 0.352 e. The van der Waals surface area contributed by atoms with E-state index in [9.17, 15) is 4.79 Å². The number of hydrogen-bond donors (Lipinski definition) is 1. The molecule has 1 heterocycles. The molecule has 3 rings (SSSR count). The lowest BCUT2D eigenvalue weighted by atomic mass is 10.1. The van der Waals surface area contributed by atoms with Crippen LogP contribution >= 0.6 is 22.9 Å². The van der Waals surface area contributed by atoms with Crippen molar-refractivity contribution in [1.82, 2.24) is 10.3 Å². The summed E-state index contributed by atoms with van der Waals surface area (Å²) in [4.78, 5) is 16.8. The van der Waals surface area contributed by atoms with Gasteiger partial charge >= 0.3 is 0 Å². The summed E-state index contributed by atoms with van der Waals surface area (Å²) in [5, 5.41) is 6.67. The van der Waals surface area contributed by atoms with Gasteiger partial charge in [0.2, 0.25) is 0 Å². The molecule has 1 aromatic heterocycles. The van der Waals surface area contributed by atoms with Crippen molar-refractivity contribution in [2.24, 2.45) is 0 Å². The molecule has 0 aliphatic rings. The van der Waals surface area contributed by atoms with Crippen molar-refractivity contribution in [2.45, 2.75) is 13.3 Å². The lowest BCUT2D eigenvalue weighted by Crippen LogP contribution is -2.26. The molecule has 3 aromatic rings. The Bertz CT molecular complexity index is 843. The third-order valence-electron chi connectivity index (χ3n) is 3.70. The Hall–Kier alpha value is -2.17. The minimum Gasteiger partial charge on any atom is -0.352 e. The highest BCUT2D eigenvalue weighted by molar-refractivity contribution is 7.13. The van der Waals surface area contributed by atoms with Crippen molar-refractivity contribution in [2.75, 3.05) is 6.54 Å². The maximum Gasteiger partial charge on any atom is 0.251 e. The van der Waals surface area contributed by atoms with Gasteiger partial charge in [0.15, 0.2) is 0 Å². The fourth-order valence-corrected chi connectivity index (χ4v) is 3.36. The number of aryl methyl sites for hydroxylation is 1. The number of carbonyl (C=O) groups is 1. The Kier molecular flexibility index (Phi) is 5.28. The molecule has 0 spiro atoms. The average Bonchev–Trinajstić information content (AvgIpc) is 3.04. The molecule has 0 saturated carbocycles. The van der Waals surface area contributed by atoms with Crippen LogP contribution in [0.3, 0.4) is 0 Å². The number of benzene rings is 2. The molecule has 122 valence electrons.